The fourth-order valence-electron chi connectivity index (χ4n) is 1.87. The van der Waals surface area contributed by atoms with Crippen LogP contribution in [0, 0.1) is 6.92 Å². The molecule has 3 rings (SSSR count). The van der Waals surface area contributed by atoms with Gasteiger partial charge in [-0.2, -0.15) is 0 Å². The van der Waals surface area contributed by atoms with Crippen molar-refractivity contribution >= 4 is 22.4 Å². The molecule has 1 amide bonds. The van der Waals surface area contributed by atoms with Crippen LogP contribution in [0.1, 0.15) is 40.4 Å². The van der Waals surface area contributed by atoms with Crippen molar-refractivity contribution in [2.24, 2.45) is 0 Å². The summed E-state index contributed by atoms with van der Waals surface area (Å²) in [5.74, 6) is 0.543. The molecule has 0 radical (unpaired) electrons. The van der Waals surface area contributed by atoms with Gasteiger partial charge in [0.2, 0.25) is 0 Å². The third-order valence-corrected chi connectivity index (χ3v) is 3.79. The lowest BCUT2D eigenvalue weighted by atomic mass is 10.1. The maximum atomic E-state index is 12.0. The number of amides is 1. The van der Waals surface area contributed by atoms with Crippen LogP contribution in [0.15, 0.2) is 29.6 Å². The first-order valence-corrected chi connectivity index (χ1v) is 6.94. The third-order valence-electron chi connectivity index (χ3n) is 3.02. The van der Waals surface area contributed by atoms with Gasteiger partial charge in [0.1, 0.15) is 0 Å². The van der Waals surface area contributed by atoms with Crippen LogP contribution in [0.3, 0.4) is 0 Å². The largest absolute Gasteiger partial charge is 0.298 e. The number of nitrogens with zero attached hydrogens (tertiary/aromatic N) is 1. The lowest BCUT2D eigenvalue weighted by molar-refractivity contribution is 0.102. The molecule has 1 saturated carbocycles. The maximum Gasteiger partial charge on any atom is 0.257 e. The van der Waals surface area contributed by atoms with Gasteiger partial charge in [0.25, 0.3) is 5.91 Å². The summed E-state index contributed by atoms with van der Waals surface area (Å²) in [5, 5.41) is 5.60. The van der Waals surface area contributed by atoms with Crippen molar-refractivity contribution in [2.45, 2.75) is 25.7 Å². The van der Waals surface area contributed by atoms with Crippen molar-refractivity contribution in [3.05, 3.63) is 46.5 Å². The number of anilines is 1. The molecule has 0 spiro atoms. The average Bonchev–Trinajstić information content (AvgIpc) is 3.11. The first-order chi connectivity index (χ1) is 8.72. The predicted octanol–water partition coefficient (Wildman–Crippen LogP) is 3.58. The lowest BCUT2D eigenvalue weighted by Gasteiger charge is -2.02. The standard InChI is InChI=1S/C14H14N2OS/c1-9-3-2-4-11(7-9)13(17)16-14-15-12(8-18-14)10-5-6-10/h2-4,7-8,10H,5-6H2,1H3,(H,15,16,17). The molecule has 1 aliphatic carbocycles. The lowest BCUT2D eigenvalue weighted by Crippen LogP contribution is -2.11. The second-order valence-electron chi connectivity index (χ2n) is 4.68. The van der Waals surface area contributed by atoms with E-state index in [1.54, 1.807) is 0 Å². The second-order valence-corrected chi connectivity index (χ2v) is 5.53. The Morgan fingerprint density at radius 3 is 3.00 bits per heavy atom. The van der Waals surface area contributed by atoms with Crippen molar-refractivity contribution in [2.75, 3.05) is 5.32 Å². The number of thiazole rings is 1. The van der Waals surface area contributed by atoms with Crippen LogP contribution >= 0.6 is 11.3 Å². The molecule has 1 aromatic carbocycles. The molecule has 1 heterocycles. The van der Waals surface area contributed by atoms with Gasteiger partial charge >= 0.3 is 0 Å². The maximum absolute atomic E-state index is 12.0. The van der Waals surface area contributed by atoms with Crippen LogP contribution < -0.4 is 5.32 Å². The van der Waals surface area contributed by atoms with Gasteiger partial charge in [-0.15, -0.1) is 11.3 Å². The summed E-state index contributed by atoms with van der Waals surface area (Å²) in [6, 6.07) is 7.57. The fourth-order valence-corrected chi connectivity index (χ4v) is 2.65. The van der Waals surface area contributed by atoms with E-state index in [4.69, 9.17) is 0 Å². The van der Waals surface area contributed by atoms with Crippen LogP contribution in [-0.2, 0) is 0 Å². The Kier molecular flexibility index (Phi) is 2.88. The van der Waals surface area contributed by atoms with Gasteiger partial charge in [-0.25, -0.2) is 4.98 Å². The van der Waals surface area contributed by atoms with E-state index < -0.39 is 0 Å². The van der Waals surface area contributed by atoms with Crippen molar-refractivity contribution < 1.29 is 4.79 Å². The van der Waals surface area contributed by atoms with Gasteiger partial charge in [0.05, 0.1) is 5.69 Å². The third kappa shape index (κ3) is 2.43. The molecule has 1 N–H and O–H groups in total. The summed E-state index contributed by atoms with van der Waals surface area (Å²) in [5.41, 5.74) is 2.89. The molecule has 0 bridgehead atoms. The topological polar surface area (TPSA) is 42.0 Å². The van der Waals surface area contributed by atoms with E-state index in [0.717, 1.165) is 11.3 Å². The van der Waals surface area contributed by atoms with E-state index in [-0.39, 0.29) is 5.91 Å². The van der Waals surface area contributed by atoms with Crippen LogP contribution in [0.5, 0.6) is 0 Å². The molecule has 0 unspecified atom stereocenters. The van der Waals surface area contributed by atoms with Gasteiger partial charge in [0.15, 0.2) is 5.13 Å². The highest BCUT2D eigenvalue weighted by molar-refractivity contribution is 7.14. The summed E-state index contributed by atoms with van der Waals surface area (Å²) in [6.45, 7) is 1.98. The fraction of sp³-hybridized carbons (Fsp3) is 0.286. The monoisotopic (exact) mass is 258 g/mol. The highest BCUT2D eigenvalue weighted by atomic mass is 32.1. The zero-order valence-corrected chi connectivity index (χ0v) is 11.0. The molecule has 1 aliphatic rings. The number of nitrogens with one attached hydrogen (secondary N) is 1. The first kappa shape index (κ1) is 11.4. The molecule has 3 nitrogen and oxygen atoms in total. The van der Waals surface area contributed by atoms with E-state index in [2.05, 4.69) is 10.3 Å². The number of hydrogen-bond donors (Lipinski definition) is 1. The molecular formula is C14H14N2OS. The van der Waals surface area contributed by atoms with E-state index in [0.29, 0.717) is 16.6 Å². The Bertz CT molecular complexity index is 587. The van der Waals surface area contributed by atoms with Crippen LogP contribution in [0.2, 0.25) is 0 Å². The Labute approximate surface area is 110 Å². The van der Waals surface area contributed by atoms with Crippen molar-refractivity contribution in [1.82, 2.24) is 4.98 Å². The molecule has 2 aromatic rings. The SMILES string of the molecule is Cc1cccc(C(=O)Nc2nc(C3CC3)cs2)c1. The van der Waals surface area contributed by atoms with Crippen LogP contribution in [0.25, 0.3) is 0 Å². The number of aryl methyl sites for hydroxylation is 1. The minimum Gasteiger partial charge on any atom is -0.298 e. The number of carbonyl (C=O) groups excluding carboxylic acids is 1. The Hall–Kier alpha value is -1.68. The smallest absolute Gasteiger partial charge is 0.257 e. The molecule has 0 saturated heterocycles. The number of rotatable bonds is 3. The van der Waals surface area contributed by atoms with E-state index >= 15 is 0 Å². The Morgan fingerprint density at radius 1 is 1.44 bits per heavy atom. The summed E-state index contributed by atoms with van der Waals surface area (Å²) in [4.78, 5) is 16.5. The van der Waals surface area contributed by atoms with Gasteiger partial charge in [-0.05, 0) is 31.9 Å². The number of aromatic nitrogens is 1. The predicted molar refractivity (Wildman–Crippen MR) is 73.2 cm³/mol. The summed E-state index contributed by atoms with van der Waals surface area (Å²) < 4.78 is 0. The van der Waals surface area contributed by atoms with Gasteiger partial charge in [-0.3, -0.25) is 10.1 Å². The molecule has 92 valence electrons. The Balaban J connectivity index is 1.73. The zero-order valence-electron chi connectivity index (χ0n) is 10.1. The van der Waals surface area contributed by atoms with E-state index in [1.165, 1.54) is 24.2 Å². The normalized spacial score (nSPS) is 14.5. The van der Waals surface area contributed by atoms with Crippen molar-refractivity contribution in [3.8, 4) is 0 Å². The quantitative estimate of drug-likeness (QED) is 0.914. The van der Waals surface area contributed by atoms with Gasteiger partial charge < -0.3 is 0 Å². The molecule has 1 fully saturated rings. The summed E-state index contributed by atoms with van der Waals surface area (Å²) in [7, 11) is 0. The zero-order chi connectivity index (χ0) is 12.5. The Morgan fingerprint density at radius 2 is 2.28 bits per heavy atom. The van der Waals surface area contributed by atoms with Crippen LogP contribution in [-0.4, -0.2) is 10.9 Å². The molecule has 18 heavy (non-hydrogen) atoms. The summed E-state index contributed by atoms with van der Waals surface area (Å²) in [6.07, 6.45) is 2.46. The highest BCUT2D eigenvalue weighted by Crippen LogP contribution is 2.40. The molecule has 1 aromatic heterocycles. The van der Waals surface area contributed by atoms with Crippen molar-refractivity contribution in [1.29, 1.82) is 0 Å². The van der Waals surface area contributed by atoms with Crippen molar-refractivity contribution in [3.63, 3.8) is 0 Å². The second kappa shape index (κ2) is 4.53. The minimum atomic E-state index is -0.0876. The van der Waals surface area contributed by atoms with Gasteiger partial charge in [0, 0.05) is 16.9 Å². The average molecular weight is 258 g/mol. The first-order valence-electron chi connectivity index (χ1n) is 6.06. The molecule has 0 atom stereocenters. The van der Waals surface area contributed by atoms with E-state index in [9.17, 15) is 4.79 Å². The highest BCUT2D eigenvalue weighted by Gasteiger charge is 2.26. The number of hydrogen-bond acceptors (Lipinski definition) is 3. The van der Waals surface area contributed by atoms with Crippen LogP contribution in [0.4, 0.5) is 5.13 Å². The van der Waals surface area contributed by atoms with Gasteiger partial charge in [-0.1, -0.05) is 17.7 Å². The van der Waals surface area contributed by atoms with E-state index in [1.807, 2.05) is 36.6 Å². The number of carbonyl (C=O) groups is 1. The molecule has 4 heteroatoms. The number of benzene rings is 1. The molecule has 0 aliphatic heterocycles. The summed E-state index contributed by atoms with van der Waals surface area (Å²) >= 11 is 1.50. The minimum absolute atomic E-state index is 0.0876. The molecular weight excluding hydrogens is 244 g/mol.